The monoisotopic (exact) mass is 572 g/mol. The summed E-state index contributed by atoms with van der Waals surface area (Å²) in [6, 6.07) is 18.6. The third kappa shape index (κ3) is 6.79. The Morgan fingerprint density at radius 1 is 1.08 bits per heavy atom. The summed E-state index contributed by atoms with van der Waals surface area (Å²) < 4.78 is 50.1. The summed E-state index contributed by atoms with van der Waals surface area (Å²) in [5, 5.41) is 2.38. The van der Waals surface area contributed by atoms with Crippen molar-refractivity contribution < 1.29 is 32.2 Å². The van der Waals surface area contributed by atoms with Gasteiger partial charge in [-0.15, -0.1) is 0 Å². The highest BCUT2D eigenvalue weighted by Gasteiger charge is 2.36. The van der Waals surface area contributed by atoms with Gasteiger partial charge >= 0.3 is 6.18 Å². The van der Waals surface area contributed by atoms with E-state index in [1.807, 2.05) is 37.3 Å². The summed E-state index contributed by atoms with van der Waals surface area (Å²) in [5.41, 5.74) is 0.750. The highest BCUT2D eigenvalue weighted by molar-refractivity contribution is 8.26. The molecule has 202 valence electrons. The number of carbonyl (C=O) groups is 2. The number of amides is 2. The third-order valence-electron chi connectivity index (χ3n) is 5.81. The molecule has 1 aliphatic rings. The molecule has 11 heteroatoms. The molecule has 1 fully saturated rings. The number of hydrogen-bond acceptors (Lipinski definition) is 6. The lowest BCUT2D eigenvalue weighted by atomic mass is 10.1. The van der Waals surface area contributed by atoms with Crippen LogP contribution in [0.25, 0.3) is 6.08 Å². The van der Waals surface area contributed by atoms with Crippen molar-refractivity contribution in [1.82, 2.24) is 4.90 Å². The molecular formula is C28H23F3N2O4S2. The minimum absolute atomic E-state index is 0.000338. The van der Waals surface area contributed by atoms with Gasteiger partial charge in [-0.1, -0.05) is 66.4 Å². The number of anilines is 1. The molecule has 39 heavy (non-hydrogen) atoms. The number of ether oxygens (including phenoxy) is 2. The lowest BCUT2D eigenvalue weighted by Gasteiger charge is -2.23. The van der Waals surface area contributed by atoms with Crippen molar-refractivity contribution in [3.8, 4) is 11.5 Å². The molecule has 6 nitrogen and oxygen atoms in total. The molecule has 0 saturated carbocycles. The van der Waals surface area contributed by atoms with Crippen LogP contribution < -0.4 is 14.8 Å². The van der Waals surface area contributed by atoms with E-state index in [9.17, 15) is 22.8 Å². The first-order chi connectivity index (χ1) is 18.6. The Balaban J connectivity index is 1.42. The van der Waals surface area contributed by atoms with E-state index in [1.54, 1.807) is 29.2 Å². The molecule has 1 aliphatic heterocycles. The van der Waals surface area contributed by atoms with Gasteiger partial charge in [-0.25, -0.2) is 0 Å². The van der Waals surface area contributed by atoms with E-state index >= 15 is 0 Å². The molecular weight excluding hydrogens is 549 g/mol. The number of methoxy groups -OCH3 is 1. The summed E-state index contributed by atoms with van der Waals surface area (Å²) in [7, 11) is 1.43. The van der Waals surface area contributed by atoms with Crippen molar-refractivity contribution in [2.24, 2.45) is 0 Å². The average Bonchev–Trinajstić information content (AvgIpc) is 3.19. The Hall–Kier alpha value is -3.83. The van der Waals surface area contributed by atoms with Crippen molar-refractivity contribution in [1.29, 1.82) is 0 Å². The van der Waals surface area contributed by atoms with Crippen LogP contribution in [0, 0.1) is 0 Å². The standard InChI is InChI=1S/C28H23F3N2O4S2/c1-17(19-7-4-3-5-8-19)33-26(35)24(39-27(33)38)14-18-11-12-22(23(13-18)36-2)37-16-25(34)32-21-10-6-9-20(15-21)28(29,30)31/h3-15,17H,16H2,1-2H3,(H,32,34). The number of hydrogen-bond donors (Lipinski definition) is 1. The van der Waals surface area contributed by atoms with Gasteiger partial charge in [0.05, 0.1) is 23.6 Å². The van der Waals surface area contributed by atoms with Gasteiger partial charge in [-0.3, -0.25) is 14.5 Å². The lowest BCUT2D eigenvalue weighted by molar-refractivity contribution is -0.137. The first-order valence-corrected chi connectivity index (χ1v) is 12.9. The van der Waals surface area contributed by atoms with Crippen molar-refractivity contribution in [3.05, 3.63) is 94.4 Å². The molecule has 0 radical (unpaired) electrons. The van der Waals surface area contributed by atoms with Crippen LogP contribution in [-0.2, 0) is 15.8 Å². The molecule has 1 unspecified atom stereocenters. The van der Waals surface area contributed by atoms with Crippen LogP contribution in [0.3, 0.4) is 0 Å². The van der Waals surface area contributed by atoms with E-state index < -0.39 is 24.3 Å². The van der Waals surface area contributed by atoms with Gasteiger partial charge in [0.2, 0.25) is 0 Å². The summed E-state index contributed by atoms with van der Waals surface area (Å²) in [4.78, 5) is 27.5. The maximum atomic E-state index is 13.1. The zero-order valence-electron chi connectivity index (χ0n) is 20.8. The predicted molar refractivity (Wildman–Crippen MR) is 148 cm³/mol. The molecule has 4 rings (SSSR count). The highest BCUT2D eigenvalue weighted by Crippen LogP contribution is 2.39. The summed E-state index contributed by atoms with van der Waals surface area (Å²) >= 11 is 6.68. The van der Waals surface area contributed by atoms with Gasteiger partial charge in [0.15, 0.2) is 18.1 Å². The van der Waals surface area contributed by atoms with Gasteiger partial charge in [0.25, 0.3) is 11.8 Å². The summed E-state index contributed by atoms with van der Waals surface area (Å²) in [6.45, 7) is 1.46. The minimum atomic E-state index is -4.52. The number of halogens is 3. The number of nitrogens with zero attached hydrogens (tertiary/aromatic N) is 1. The van der Waals surface area contributed by atoms with E-state index in [-0.39, 0.29) is 23.4 Å². The first-order valence-electron chi connectivity index (χ1n) is 11.7. The Morgan fingerprint density at radius 3 is 2.51 bits per heavy atom. The van der Waals surface area contributed by atoms with Crippen molar-refractivity contribution in [2.45, 2.75) is 19.1 Å². The maximum Gasteiger partial charge on any atom is 0.416 e. The van der Waals surface area contributed by atoms with Crippen LogP contribution in [0.2, 0.25) is 0 Å². The fourth-order valence-corrected chi connectivity index (χ4v) is 5.27. The first kappa shape index (κ1) is 28.2. The molecule has 0 aliphatic carbocycles. The number of benzene rings is 3. The van der Waals surface area contributed by atoms with Crippen LogP contribution in [0.1, 0.15) is 29.7 Å². The zero-order valence-corrected chi connectivity index (χ0v) is 22.5. The van der Waals surface area contributed by atoms with Crippen LogP contribution in [-0.4, -0.2) is 34.8 Å². The molecule has 1 atom stereocenters. The van der Waals surface area contributed by atoms with Gasteiger partial charge in [-0.05, 0) is 54.5 Å². The second-order valence-electron chi connectivity index (χ2n) is 8.46. The molecule has 0 bridgehead atoms. The largest absolute Gasteiger partial charge is 0.493 e. The van der Waals surface area contributed by atoms with E-state index in [1.165, 1.54) is 31.0 Å². The molecule has 2 amide bonds. The van der Waals surface area contributed by atoms with E-state index in [0.29, 0.717) is 20.5 Å². The SMILES string of the molecule is COc1cc(C=C2SC(=S)N(C(C)c3ccccc3)C2=O)ccc1OCC(=O)Nc1cccc(C(F)(F)F)c1. The van der Waals surface area contributed by atoms with Gasteiger partial charge in [0, 0.05) is 5.69 Å². The normalized spacial score (nSPS) is 15.4. The van der Waals surface area contributed by atoms with Crippen molar-refractivity contribution >= 4 is 51.9 Å². The smallest absolute Gasteiger partial charge is 0.416 e. The van der Waals surface area contributed by atoms with Gasteiger partial charge in [-0.2, -0.15) is 13.2 Å². The average molecular weight is 573 g/mol. The Kier molecular flexibility index (Phi) is 8.61. The van der Waals surface area contributed by atoms with Crippen molar-refractivity contribution in [3.63, 3.8) is 0 Å². The number of alkyl halides is 3. The maximum absolute atomic E-state index is 13.1. The second kappa shape index (κ2) is 11.9. The fourth-order valence-electron chi connectivity index (χ4n) is 3.85. The van der Waals surface area contributed by atoms with Crippen LogP contribution >= 0.6 is 24.0 Å². The number of nitrogens with one attached hydrogen (secondary N) is 1. The molecule has 1 N–H and O–H groups in total. The molecule has 3 aromatic rings. The van der Waals surface area contributed by atoms with Crippen LogP contribution in [0.4, 0.5) is 18.9 Å². The van der Waals surface area contributed by atoms with Crippen LogP contribution in [0.5, 0.6) is 11.5 Å². The highest BCUT2D eigenvalue weighted by atomic mass is 32.2. The number of carbonyl (C=O) groups excluding carboxylic acids is 2. The predicted octanol–water partition coefficient (Wildman–Crippen LogP) is 6.69. The Morgan fingerprint density at radius 2 is 1.82 bits per heavy atom. The number of thiocarbonyl (C=S) groups is 1. The zero-order chi connectivity index (χ0) is 28.2. The van der Waals surface area contributed by atoms with Gasteiger partial charge < -0.3 is 14.8 Å². The van der Waals surface area contributed by atoms with E-state index in [0.717, 1.165) is 17.7 Å². The molecule has 1 heterocycles. The topological polar surface area (TPSA) is 67.9 Å². The fraction of sp³-hybridized carbons (Fsp3) is 0.179. The molecule has 3 aromatic carbocycles. The Bertz CT molecular complexity index is 1430. The number of rotatable bonds is 8. The molecule has 0 spiro atoms. The van der Waals surface area contributed by atoms with Crippen molar-refractivity contribution in [2.75, 3.05) is 19.0 Å². The minimum Gasteiger partial charge on any atom is -0.493 e. The van der Waals surface area contributed by atoms with E-state index in [2.05, 4.69) is 5.32 Å². The lowest BCUT2D eigenvalue weighted by Crippen LogP contribution is -2.30. The summed E-state index contributed by atoms with van der Waals surface area (Å²) in [5.74, 6) is -0.286. The Labute approximate surface area is 232 Å². The van der Waals surface area contributed by atoms with Crippen LogP contribution in [0.15, 0.2) is 77.7 Å². The third-order valence-corrected chi connectivity index (χ3v) is 7.14. The summed E-state index contributed by atoms with van der Waals surface area (Å²) in [6.07, 6.45) is -2.82. The quantitative estimate of drug-likeness (QED) is 0.240. The number of thioether (sulfide) groups is 1. The molecule has 0 aromatic heterocycles. The van der Waals surface area contributed by atoms with E-state index in [4.69, 9.17) is 21.7 Å². The molecule has 1 saturated heterocycles. The van der Waals surface area contributed by atoms with Gasteiger partial charge in [0.1, 0.15) is 4.32 Å². The second-order valence-corrected chi connectivity index (χ2v) is 10.1.